The van der Waals surface area contributed by atoms with Crippen LogP contribution in [0, 0.1) is 11.6 Å². The molecule has 2 aromatic rings. The lowest BCUT2D eigenvalue weighted by Gasteiger charge is -2.11. The summed E-state index contributed by atoms with van der Waals surface area (Å²) in [4.78, 5) is 22.6. The molecule has 2 aromatic carbocycles. The van der Waals surface area contributed by atoms with Crippen molar-refractivity contribution in [1.82, 2.24) is 5.32 Å². The van der Waals surface area contributed by atoms with Crippen LogP contribution < -0.4 is 10.1 Å². The van der Waals surface area contributed by atoms with Crippen LogP contribution in [-0.4, -0.2) is 29.4 Å². The number of hydrogen-bond acceptors (Lipinski definition) is 3. The molecule has 1 amide bonds. The van der Waals surface area contributed by atoms with Gasteiger partial charge in [0.1, 0.15) is 17.4 Å². The molecule has 0 atom stereocenters. The van der Waals surface area contributed by atoms with E-state index in [4.69, 9.17) is 9.84 Å². The number of carboxylic acid groups (broad SMARTS) is 1. The first-order chi connectivity index (χ1) is 12.0. The van der Waals surface area contributed by atoms with Gasteiger partial charge in [-0.1, -0.05) is 34.1 Å². The number of carboxylic acids is 1. The minimum absolute atomic E-state index is 0.0380. The summed E-state index contributed by atoms with van der Waals surface area (Å²) in [6, 6.07) is 9.07. The van der Waals surface area contributed by atoms with Crippen LogP contribution in [-0.2, 0) is 11.3 Å². The number of amides is 1. The van der Waals surface area contributed by atoms with Crippen molar-refractivity contribution in [3.8, 4) is 5.75 Å². The van der Waals surface area contributed by atoms with Crippen LogP contribution in [0.15, 0.2) is 42.5 Å². The average molecular weight is 416 g/mol. The summed E-state index contributed by atoms with van der Waals surface area (Å²) in [5.41, 5.74) is 0.250. The molecule has 25 heavy (non-hydrogen) atoms. The minimum Gasteiger partial charge on any atom is -0.481 e. The van der Waals surface area contributed by atoms with E-state index in [0.717, 1.165) is 12.1 Å². The van der Waals surface area contributed by atoms with E-state index in [1.54, 1.807) is 6.07 Å². The highest BCUT2D eigenvalue weighted by Gasteiger charge is 2.15. The molecule has 2 N–H and O–H groups in total. The van der Waals surface area contributed by atoms with Gasteiger partial charge in [0.15, 0.2) is 6.61 Å². The summed E-state index contributed by atoms with van der Waals surface area (Å²) in [5.74, 6) is -1.41. The lowest BCUT2D eigenvalue weighted by molar-refractivity contribution is -0.139. The summed E-state index contributed by atoms with van der Waals surface area (Å²) in [5, 5.41) is 11.1. The van der Waals surface area contributed by atoms with Gasteiger partial charge in [-0.3, -0.25) is 4.79 Å². The minimum atomic E-state index is -1.26. The number of hydrogen-bond donors (Lipinski definition) is 2. The van der Waals surface area contributed by atoms with Gasteiger partial charge in [0.05, 0.1) is 5.56 Å². The van der Waals surface area contributed by atoms with Gasteiger partial charge in [-0.25, -0.2) is 13.6 Å². The normalized spacial score (nSPS) is 9.60. The number of ether oxygens (including phenoxy) is 1. The zero-order valence-electron chi connectivity index (χ0n) is 13.3. The molecule has 0 spiro atoms. The van der Waals surface area contributed by atoms with E-state index < -0.39 is 30.1 Å². The number of alkyl halides is 1. The lowest BCUT2D eigenvalue weighted by Crippen LogP contribution is -2.24. The third-order valence-electron chi connectivity index (χ3n) is 2.94. The molecule has 0 saturated heterocycles. The van der Waals surface area contributed by atoms with Crippen LogP contribution in [0.1, 0.15) is 15.9 Å². The molecule has 8 heteroatoms. The van der Waals surface area contributed by atoms with Crippen molar-refractivity contribution in [3.63, 3.8) is 0 Å². The molecular weight excluding hydrogens is 400 g/mol. The van der Waals surface area contributed by atoms with Crippen molar-refractivity contribution in [3.05, 3.63) is 65.2 Å². The quantitative estimate of drug-likeness (QED) is 0.709. The second-order valence-electron chi connectivity index (χ2n) is 4.60. The Morgan fingerprint density at radius 1 is 1.16 bits per heavy atom. The van der Waals surface area contributed by atoms with Gasteiger partial charge in [-0.2, -0.15) is 0 Å². The first-order valence-electron chi connectivity index (χ1n) is 7.01. The van der Waals surface area contributed by atoms with E-state index in [9.17, 15) is 18.4 Å². The number of nitrogens with one attached hydrogen (secondary N) is 1. The van der Waals surface area contributed by atoms with Crippen LogP contribution >= 0.6 is 15.9 Å². The summed E-state index contributed by atoms with van der Waals surface area (Å²) < 4.78 is 31.6. The van der Waals surface area contributed by atoms with Crippen LogP contribution in [0.3, 0.4) is 0 Å². The van der Waals surface area contributed by atoms with Crippen molar-refractivity contribution in [2.45, 2.75) is 6.54 Å². The second kappa shape index (κ2) is 10.4. The molecule has 2 rings (SSSR count). The Kier molecular flexibility index (Phi) is 8.55. The highest BCUT2D eigenvalue weighted by atomic mass is 79.9. The number of carbonyl (C=O) groups excluding carboxylic acids is 1. The van der Waals surface area contributed by atoms with E-state index in [0.29, 0.717) is 0 Å². The van der Waals surface area contributed by atoms with Crippen LogP contribution in [0.4, 0.5) is 8.78 Å². The van der Waals surface area contributed by atoms with Crippen molar-refractivity contribution in [1.29, 1.82) is 0 Å². The molecule has 0 fully saturated rings. The molecule has 0 aliphatic rings. The smallest absolute Gasteiger partial charge is 0.341 e. The maximum absolute atomic E-state index is 13.5. The fraction of sp³-hybridized carbons (Fsp3) is 0.176. The summed E-state index contributed by atoms with van der Waals surface area (Å²) >= 11 is 2.94. The SMILES string of the molecule is CBr.O=C(O)COc1cc(F)ccc1C(=O)NCc1ccccc1F. The highest BCUT2D eigenvalue weighted by molar-refractivity contribution is 9.08. The molecule has 0 aromatic heterocycles. The Morgan fingerprint density at radius 3 is 2.48 bits per heavy atom. The molecule has 0 aliphatic heterocycles. The van der Waals surface area contributed by atoms with Gasteiger partial charge in [0.2, 0.25) is 0 Å². The Bertz CT molecular complexity index is 740. The molecule has 0 saturated carbocycles. The van der Waals surface area contributed by atoms with Crippen LogP contribution in [0.5, 0.6) is 5.75 Å². The lowest BCUT2D eigenvalue weighted by atomic mass is 10.1. The van der Waals surface area contributed by atoms with Crippen molar-refractivity contribution >= 4 is 27.8 Å². The summed E-state index contributed by atoms with van der Waals surface area (Å²) in [6.45, 7) is -0.779. The number of rotatable bonds is 6. The number of aliphatic carboxylic acids is 1. The molecule has 134 valence electrons. The summed E-state index contributed by atoms with van der Waals surface area (Å²) in [7, 11) is 0. The highest BCUT2D eigenvalue weighted by Crippen LogP contribution is 2.20. The Hall–Kier alpha value is -2.48. The van der Waals surface area contributed by atoms with Crippen LogP contribution in [0.25, 0.3) is 0 Å². The fourth-order valence-electron chi connectivity index (χ4n) is 1.86. The van der Waals surface area contributed by atoms with Crippen molar-refractivity contribution in [2.24, 2.45) is 0 Å². The topological polar surface area (TPSA) is 75.6 Å². The molecule has 0 unspecified atom stereocenters. The average Bonchev–Trinajstić information content (AvgIpc) is 2.61. The first-order valence-corrected chi connectivity index (χ1v) is 8.59. The van der Waals surface area contributed by atoms with E-state index in [2.05, 4.69) is 21.2 Å². The second-order valence-corrected chi connectivity index (χ2v) is 4.60. The predicted molar refractivity (Wildman–Crippen MR) is 92.0 cm³/mol. The maximum atomic E-state index is 13.5. The number of halogens is 3. The van der Waals surface area contributed by atoms with Gasteiger partial charge >= 0.3 is 5.97 Å². The van der Waals surface area contributed by atoms with Crippen molar-refractivity contribution < 1.29 is 28.2 Å². The number of carbonyl (C=O) groups is 2. The zero-order valence-corrected chi connectivity index (χ0v) is 14.8. The van der Waals surface area contributed by atoms with Gasteiger partial charge in [0.25, 0.3) is 5.91 Å². The molecule has 0 radical (unpaired) electrons. The fourth-order valence-corrected chi connectivity index (χ4v) is 1.86. The Morgan fingerprint density at radius 2 is 1.84 bits per heavy atom. The third kappa shape index (κ3) is 6.50. The maximum Gasteiger partial charge on any atom is 0.341 e. The molecule has 5 nitrogen and oxygen atoms in total. The Balaban J connectivity index is 0.00000151. The summed E-state index contributed by atoms with van der Waals surface area (Å²) in [6.07, 6.45) is 0. The van der Waals surface area contributed by atoms with Gasteiger partial charge in [0, 0.05) is 18.2 Å². The molecular formula is C17H16BrF2NO4. The monoisotopic (exact) mass is 415 g/mol. The van der Waals surface area contributed by atoms with E-state index >= 15 is 0 Å². The number of benzene rings is 2. The van der Waals surface area contributed by atoms with Gasteiger partial charge in [-0.15, -0.1) is 0 Å². The largest absolute Gasteiger partial charge is 0.481 e. The van der Waals surface area contributed by atoms with Crippen molar-refractivity contribution in [2.75, 3.05) is 12.4 Å². The molecule has 0 bridgehead atoms. The molecule has 0 heterocycles. The van der Waals surface area contributed by atoms with Gasteiger partial charge < -0.3 is 15.2 Å². The standard InChI is InChI=1S/C16H13F2NO4.CH3Br/c17-11-5-6-12(14(7-11)23-9-15(20)21)16(22)19-8-10-3-1-2-4-13(10)18;1-2/h1-7H,8-9H2,(H,19,22)(H,20,21);1H3. The van der Waals surface area contributed by atoms with E-state index in [1.807, 2.05) is 5.83 Å². The third-order valence-corrected chi connectivity index (χ3v) is 2.94. The molecule has 0 aliphatic carbocycles. The Labute approximate surface area is 151 Å². The zero-order chi connectivity index (χ0) is 18.8. The van der Waals surface area contributed by atoms with E-state index in [1.165, 1.54) is 24.3 Å². The first kappa shape index (κ1) is 20.6. The predicted octanol–water partition coefficient (Wildman–Crippen LogP) is 3.37. The van der Waals surface area contributed by atoms with E-state index in [-0.39, 0.29) is 23.4 Å². The van der Waals surface area contributed by atoms with Gasteiger partial charge in [-0.05, 0) is 24.0 Å². The van der Waals surface area contributed by atoms with Crippen LogP contribution in [0.2, 0.25) is 0 Å².